The van der Waals surface area contributed by atoms with E-state index >= 15 is 0 Å². The second-order valence-corrected chi connectivity index (χ2v) is 5.92. The van der Waals surface area contributed by atoms with E-state index in [4.69, 9.17) is 0 Å². The smallest absolute Gasteiger partial charge is 0.345 e. The number of aromatic nitrogens is 1. The first-order chi connectivity index (χ1) is 9.80. The molecule has 1 aromatic heterocycles. The Hall–Kier alpha value is -1.30. The molecule has 2 rings (SSSR count). The van der Waals surface area contributed by atoms with Crippen molar-refractivity contribution < 1.29 is 13.2 Å². The van der Waals surface area contributed by atoms with Crippen LogP contribution in [0.2, 0.25) is 0 Å². The lowest BCUT2D eigenvalue weighted by Crippen LogP contribution is -2.36. The van der Waals surface area contributed by atoms with Gasteiger partial charge in [-0.1, -0.05) is 13.8 Å². The summed E-state index contributed by atoms with van der Waals surface area (Å²) >= 11 is 0. The molecule has 0 aliphatic heterocycles. The van der Waals surface area contributed by atoms with Crippen molar-refractivity contribution in [1.82, 2.24) is 10.3 Å². The third kappa shape index (κ3) is 4.59. The summed E-state index contributed by atoms with van der Waals surface area (Å²) in [5.41, 5.74) is 1.81. The zero-order valence-corrected chi connectivity index (χ0v) is 12.7. The van der Waals surface area contributed by atoms with E-state index in [-0.39, 0.29) is 12.0 Å². The van der Waals surface area contributed by atoms with Gasteiger partial charge in [0, 0.05) is 18.3 Å². The molecule has 1 aliphatic carbocycles. The van der Waals surface area contributed by atoms with Crippen LogP contribution < -0.4 is 10.2 Å². The number of nitrogens with zero attached hydrogens (tertiary/aromatic N) is 2. The molecule has 0 bridgehead atoms. The standard InChI is InChI=1S/C15H22F3N3/c1-10(2)13-6-11(8-19-3)7-14(20-13)21(12-4-5-12)9-15(16,17)18/h6-7,10,12,19H,4-5,8-9H2,1-3H3. The van der Waals surface area contributed by atoms with Gasteiger partial charge in [-0.3, -0.25) is 0 Å². The minimum Gasteiger partial charge on any atom is -0.345 e. The van der Waals surface area contributed by atoms with Crippen molar-refractivity contribution in [2.24, 2.45) is 0 Å². The fourth-order valence-electron chi connectivity index (χ4n) is 2.32. The summed E-state index contributed by atoms with van der Waals surface area (Å²) in [5, 5.41) is 3.04. The summed E-state index contributed by atoms with van der Waals surface area (Å²) in [6, 6.07) is 3.71. The maximum absolute atomic E-state index is 12.8. The van der Waals surface area contributed by atoms with Crippen LogP contribution >= 0.6 is 0 Å². The van der Waals surface area contributed by atoms with Gasteiger partial charge in [0.25, 0.3) is 0 Å². The SMILES string of the molecule is CNCc1cc(C(C)C)nc(N(CC(F)(F)F)C2CC2)c1. The molecule has 0 spiro atoms. The van der Waals surface area contributed by atoms with Gasteiger partial charge in [0.15, 0.2) is 0 Å². The Morgan fingerprint density at radius 1 is 1.33 bits per heavy atom. The van der Waals surface area contributed by atoms with E-state index < -0.39 is 12.7 Å². The highest BCUT2D eigenvalue weighted by atomic mass is 19.4. The molecule has 0 amide bonds. The predicted molar refractivity (Wildman–Crippen MR) is 77.5 cm³/mol. The Morgan fingerprint density at radius 3 is 2.48 bits per heavy atom. The van der Waals surface area contributed by atoms with Gasteiger partial charge in [-0.05, 0) is 43.5 Å². The zero-order valence-electron chi connectivity index (χ0n) is 12.7. The average molecular weight is 301 g/mol. The number of pyridine rings is 1. The van der Waals surface area contributed by atoms with Gasteiger partial charge in [-0.25, -0.2) is 4.98 Å². The molecule has 1 aromatic rings. The van der Waals surface area contributed by atoms with Gasteiger partial charge in [0.05, 0.1) is 0 Å². The Labute approximate surface area is 123 Å². The number of nitrogens with one attached hydrogen (secondary N) is 1. The Kier molecular flexibility index (Phi) is 4.76. The first-order valence-corrected chi connectivity index (χ1v) is 7.29. The number of hydrogen-bond donors (Lipinski definition) is 1. The lowest BCUT2D eigenvalue weighted by molar-refractivity contribution is -0.120. The van der Waals surface area contributed by atoms with Crippen LogP contribution in [-0.2, 0) is 6.54 Å². The normalized spacial score (nSPS) is 15.6. The lowest BCUT2D eigenvalue weighted by atomic mass is 10.1. The second-order valence-electron chi connectivity index (χ2n) is 5.92. The van der Waals surface area contributed by atoms with Gasteiger partial charge in [0.1, 0.15) is 12.4 Å². The highest BCUT2D eigenvalue weighted by Gasteiger charge is 2.39. The van der Waals surface area contributed by atoms with Gasteiger partial charge < -0.3 is 10.2 Å². The molecule has 21 heavy (non-hydrogen) atoms. The van der Waals surface area contributed by atoms with E-state index in [1.807, 2.05) is 27.0 Å². The van der Waals surface area contributed by atoms with Crippen LogP contribution in [0.4, 0.5) is 19.0 Å². The zero-order chi connectivity index (χ0) is 15.6. The molecule has 1 saturated carbocycles. The quantitative estimate of drug-likeness (QED) is 0.872. The summed E-state index contributed by atoms with van der Waals surface area (Å²) in [7, 11) is 1.82. The molecule has 6 heteroatoms. The minimum atomic E-state index is -4.21. The molecule has 0 radical (unpaired) electrons. The molecule has 0 aromatic carbocycles. The third-order valence-corrected chi connectivity index (χ3v) is 3.50. The highest BCUT2D eigenvalue weighted by molar-refractivity contribution is 5.46. The van der Waals surface area contributed by atoms with Crippen molar-refractivity contribution >= 4 is 5.82 Å². The van der Waals surface area contributed by atoms with Crippen LogP contribution in [0.5, 0.6) is 0 Å². The van der Waals surface area contributed by atoms with Crippen molar-refractivity contribution in [2.75, 3.05) is 18.5 Å². The number of halogens is 3. The monoisotopic (exact) mass is 301 g/mol. The van der Waals surface area contributed by atoms with E-state index in [0.29, 0.717) is 12.4 Å². The predicted octanol–water partition coefficient (Wildman–Crippen LogP) is 3.46. The number of hydrogen-bond acceptors (Lipinski definition) is 3. The van der Waals surface area contributed by atoms with Crippen LogP contribution in [0.3, 0.4) is 0 Å². The highest BCUT2D eigenvalue weighted by Crippen LogP contribution is 2.34. The van der Waals surface area contributed by atoms with Crippen molar-refractivity contribution in [3.63, 3.8) is 0 Å². The molecule has 0 atom stereocenters. The topological polar surface area (TPSA) is 28.2 Å². The van der Waals surface area contributed by atoms with E-state index in [9.17, 15) is 13.2 Å². The van der Waals surface area contributed by atoms with Gasteiger partial charge in [0.2, 0.25) is 0 Å². The maximum atomic E-state index is 12.8. The molecule has 0 saturated heterocycles. The average Bonchev–Trinajstić information content (AvgIpc) is 3.19. The van der Waals surface area contributed by atoms with Crippen molar-refractivity contribution in [3.8, 4) is 0 Å². The van der Waals surface area contributed by atoms with E-state index in [2.05, 4.69) is 10.3 Å². The minimum absolute atomic E-state index is 0.0241. The fourth-order valence-corrected chi connectivity index (χ4v) is 2.32. The lowest BCUT2D eigenvalue weighted by Gasteiger charge is -2.26. The molecule has 0 unspecified atom stereocenters. The van der Waals surface area contributed by atoms with Crippen LogP contribution in [0.1, 0.15) is 43.9 Å². The van der Waals surface area contributed by atoms with E-state index in [1.54, 1.807) is 6.07 Å². The molecule has 1 fully saturated rings. The summed E-state index contributed by atoms with van der Waals surface area (Å²) < 4.78 is 38.4. The Bertz CT molecular complexity index is 482. The molecule has 1 aliphatic rings. The van der Waals surface area contributed by atoms with Crippen molar-refractivity contribution in [1.29, 1.82) is 0 Å². The Morgan fingerprint density at radius 2 is 2.00 bits per heavy atom. The van der Waals surface area contributed by atoms with Gasteiger partial charge in [-0.2, -0.15) is 13.2 Å². The summed E-state index contributed by atoms with van der Waals surface area (Å²) in [5.74, 6) is 0.638. The second kappa shape index (κ2) is 6.22. The van der Waals surface area contributed by atoms with Crippen LogP contribution in [-0.4, -0.2) is 30.8 Å². The molecule has 118 valence electrons. The third-order valence-electron chi connectivity index (χ3n) is 3.50. The molecular formula is C15H22F3N3. The van der Waals surface area contributed by atoms with Gasteiger partial charge in [-0.15, -0.1) is 0 Å². The number of alkyl halides is 3. The first kappa shape index (κ1) is 16.1. The largest absolute Gasteiger partial charge is 0.405 e. The van der Waals surface area contributed by atoms with Crippen LogP contribution in [0.25, 0.3) is 0 Å². The van der Waals surface area contributed by atoms with Gasteiger partial charge >= 0.3 is 6.18 Å². The fraction of sp³-hybridized carbons (Fsp3) is 0.667. The van der Waals surface area contributed by atoms with Crippen LogP contribution in [0.15, 0.2) is 12.1 Å². The Balaban J connectivity index is 2.34. The van der Waals surface area contributed by atoms with Crippen molar-refractivity contribution in [3.05, 3.63) is 23.4 Å². The van der Waals surface area contributed by atoms with E-state index in [0.717, 1.165) is 24.1 Å². The molecule has 1 heterocycles. The maximum Gasteiger partial charge on any atom is 0.405 e. The number of anilines is 1. The summed E-state index contributed by atoms with van der Waals surface area (Å²) in [6.07, 6.45) is -2.59. The van der Waals surface area contributed by atoms with Crippen LogP contribution in [0, 0.1) is 0 Å². The van der Waals surface area contributed by atoms with E-state index in [1.165, 1.54) is 4.90 Å². The molecular weight excluding hydrogens is 279 g/mol. The molecule has 1 N–H and O–H groups in total. The summed E-state index contributed by atoms with van der Waals surface area (Å²) in [6.45, 7) is 3.70. The summed E-state index contributed by atoms with van der Waals surface area (Å²) in [4.78, 5) is 5.87. The first-order valence-electron chi connectivity index (χ1n) is 7.29. The van der Waals surface area contributed by atoms with Crippen molar-refractivity contribution in [2.45, 2.75) is 51.4 Å². The molecule has 3 nitrogen and oxygen atoms in total. The number of rotatable bonds is 6.